The second-order valence-corrected chi connectivity index (χ2v) is 7.21. The minimum absolute atomic E-state index is 0.0238. The zero-order valence-corrected chi connectivity index (χ0v) is 14.0. The maximum absolute atomic E-state index is 12.5. The highest BCUT2D eigenvalue weighted by molar-refractivity contribution is 5.86. The van der Waals surface area contributed by atoms with Crippen LogP contribution in [0.1, 0.15) is 38.5 Å². The average Bonchev–Trinajstić information content (AvgIpc) is 2.58. The number of carbonyl (C=O) groups is 3. The van der Waals surface area contributed by atoms with Crippen LogP contribution in [-0.2, 0) is 19.1 Å². The van der Waals surface area contributed by atoms with Gasteiger partial charge in [0.15, 0.2) is 0 Å². The lowest BCUT2D eigenvalue weighted by atomic mass is 9.66. The van der Waals surface area contributed by atoms with Crippen molar-refractivity contribution in [3.63, 3.8) is 0 Å². The number of piperidine rings is 1. The van der Waals surface area contributed by atoms with Crippen LogP contribution in [0.4, 0.5) is 0 Å². The molecular formula is C17H26N2O5. The number of ether oxygens (including phenoxy) is 1. The molecule has 0 unspecified atom stereocenters. The van der Waals surface area contributed by atoms with Gasteiger partial charge in [-0.15, -0.1) is 0 Å². The number of rotatable bonds is 4. The fourth-order valence-corrected chi connectivity index (χ4v) is 3.89. The smallest absolute Gasteiger partial charge is 0.310 e. The van der Waals surface area contributed by atoms with E-state index in [0.717, 1.165) is 6.42 Å². The number of hydrogen-bond donors (Lipinski definition) is 1. The number of carboxylic acid groups (broad SMARTS) is 1. The summed E-state index contributed by atoms with van der Waals surface area (Å²) in [5.41, 5.74) is -0.836. The normalized spacial score (nSPS) is 24.3. The summed E-state index contributed by atoms with van der Waals surface area (Å²) in [6, 6.07) is 0. The molecule has 7 nitrogen and oxygen atoms in total. The van der Waals surface area contributed by atoms with Crippen LogP contribution in [0.2, 0.25) is 0 Å². The first-order valence-electron chi connectivity index (χ1n) is 8.89. The summed E-state index contributed by atoms with van der Waals surface area (Å²) in [5, 5.41) is 9.36. The van der Waals surface area contributed by atoms with Crippen molar-refractivity contribution < 1.29 is 24.2 Å². The van der Waals surface area contributed by atoms with Gasteiger partial charge in [0, 0.05) is 38.5 Å². The number of carbonyl (C=O) groups excluding carboxylic acids is 2. The van der Waals surface area contributed by atoms with Crippen molar-refractivity contribution in [1.82, 2.24) is 9.80 Å². The zero-order valence-electron chi connectivity index (χ0n) is 14.0. The molecule has 2 aliphatic heterocycles. The second-order valence-electron chi connectivity index (χ2n) is 7.21. The van der Waals surface area contributed by atoms with Crippen molar-refractivity contribution in [3.05, 3.63) is 0 Å². The topological polar surface area (TPSA) is 87.2 Å². The molecule has 3 fully saturated rings. The first kappa shape index (κ1) is 17.2. The van der Waals surface area contributed by atoms with Gasteiger partial charge in [-0.1, -0.05) is 6.42 Å². The summed E-state index contributed by atoms with van der Waals surface area (Å²) in [6.07, 6.45) is 3.52. The quantitative estimate of drug-likeness (QED) is 0.816. The van der Waals surface area contributed by atoms with Gasteiger partial charge in [-0.25, -0.2) is 0 Å². The van der Waals surface area contributed by atoms with Gasteiger partial charge in [-0.2, -0.15) is 0 Å². The van der Waals surface area contributed by atoms with Gasteiger partial charge >= 0.3 is 5.97 Å². The first-order chi connectivity index (χ1) is 11.5. The summed E-state index contributed by atoms with van der Waals surface area (Å²) in [5.74, 6) is -0.774. The van der Waals surface area contributed by atoms with Crippen molar-refractivity contribution in [2.24, 2.45) is 11.3 Å². The largest absolute Gasteiger partial charge is 0.481 e. The average molecular weight is 338 g/mol. The monoisotopic (exact) mass is 338 g/mol. The summed E-state index contributed by atoms with van der Waals surface area (Å²) >= 11 is 0. The van der Waals surface area contributed by atoms with Gasteiger partial charge in [0.2, 0.25) is 11.8 Å². The molecule has 0 spiro atoms. The Morgan fingerprint density at radius 1 is 1.00 bits per heavy atom. The number of morpholine rings is 1. The Morgan fingerprint density at radius 2 is 1.62 bits per heavy atom. The molecule has 0 aromatic heterocycles. The van der Waals surface area contributed by atoms with Crippen LogP contribution in [0, 0.1) is 11.3 Å². The molecule has 2 amide bonds. The predicted molar refractivity (Wildman–Crippen MR) is 85.2 cm³/mol. The second kappa shape index (κ2) is 7.09. The van der Waals surface area contributed by atoms with E-state index in [9.17, 15) is 19.5 Å². The molecule has 3 aliphatic rings. The minimum Gasteiger partial charge on any atom is -0.481 e. The van der Waals surface area contributed by atoms with Gasteiger partial charge in [0.05, 0.1) is 18.6 Å². The van der Waals surface area contributed by atoms with Crippen LogP contribution in [0.15, 0.2) is 0 Å². The molecule has 1 saturated carbocycles. The van der Waals surface area contributed by atoms with E-state index in [1.54, 1.807) is 4.90 Å². The number of likely N-dealkylation sites (tertiary alicyclic amines) is 1. The number of aliphatic carboxylic acids is 1. The van der Waals surface area contributed by atoms with Crippen molar-refractivity contribution in [3.8, 4) is 0 Å². The lowest BCUT2D eigenvalue weighted by Gasteiger charge is -2.40. The summed E-state index contributed by atoms with van der Waals surface area (Å²) in [4.78, 5) is 39.9. The molecule has 2 saturated heterocycles. The van der Waals surface area contributed by atoms with E-state index in [-0.39, 0.29) is 24.2 Å². The maximum Gasteiger partial charge on any atom is 0.310 e. The van der Waals surface area contributed by atoms with Crippen molar-refractivity contribution in [1.29, 1.82) is 0 Å². The molecule has 0 atom stereocenters. The van der Waals surface area contributed by atoms with Gasteiger partial charge in [0.25, 0.3) is 0 Å². The molecule has 0 bridgehead atoms. The number of carboxylic acids is 1. The van der Waals surface area contributed by atoms with E-state index < -0.39 is 11.4 Å². The van der Waals surface area contributed by atoms with E-state index in [1.807, 2.05) is 4.90 Å². The third kappa shape index (κ3) is 3.41. The Morgan fingerprint density at radius 3 is 2.12 bits per heavy atom. The fourth-order valence-electron chi connectivity index (χ4n) is 3.89. The molecular weight excluding hydrogens is 312 g/mol. The van der Waals surface area contributed by atoms with Crippen molar-refractivity contribution >= 4 is 17.8 Å². The van der Waals surface area contributed by atoms with Crippen LogP contribution in [-0.4, -0.2) is 72.1 Å². The Balaban J connectivity index is 1.48. The van der Waals surface area contributed by atoms with E-state index in [4.69, 9.17) is 4.74 Å². The van der Waals surface area contributed by atoms with Crippen LogP contribution in [0.3, 0.4) is 0 Å². The molecule has 7 heteroatoms. The van der Waals surface area contributed by atoms with Crippen LogP contribution >= 0.6 is 0 Å². The standard InChI is InChI=1S/C17H26N2O5/c20-14(12-17(16(22)23)4-1-5-17)18-6-2-13(3-7-18)15(21)19-8-10-24-11-9-19/h13H,1-12H2,(H,22,23). The van der Waals surface area contributed by atoms with Gasteiger partial charge in [0.1, 0.15) is 0 Å². The van der Waals surface area contributed by atoms with Crippen molar-refractivity contribution in [2.75, 3.05) is 39.4 Å². The first-order valence-corrected chi connectivity index (χ1v) is 8.89. The minimum atomic E-state index is -0.848. The highest BCUT2D eigenvalue weighted by atomic mass is 16.5. The highest BCUT2D eigenvalue weighted by Gasteiger charge is 2.47. The molecule has 1 N–H and O–H groups in total. The van der Waals surface area contributed by atoms with E-state index in [2.05, 4.69) is 0 Å². The van der Waals surface area contributed by atoms with Crippen LogP contribution in [0.5, 0.6) is 0 Å². The third-order valence-corrected chi connectivity index (χ3v) is 5.77. The van der Waals surface area contributed by atoms with E-state index in [0.29, 0.717) is 65.1 Å². The molecule has 1 aliphatic carbocycles. The maximum atomic E-state index is 12.5. The Kier molecular flexibility index (Phi) is 5.08. The Bertz CT molecular complexity index is 503. The number of nitrogens with zero attached hydrogens (tertiary/aromatic N) is 2. The van der Waals surface area contributed by atoms with Crippen LogP contribution < -0.4 is 0 Å². The predicted octanol–water partition coefficient (Wildman–Crippen LogP) is 0.729. The third-order valence-electron chi connectivity index (χ3n) is 5.77. The van der Waals surface area contributed by atoms with Gasteiger partial charge < -0.3 is 19.6 Å². The molecule has 0 radical (unpaired) electrons. The molecule has 3 rings (SSSR count). The zero-order chi connectivity index (χ0) is 17.2. The number of amides is 2. The highest BCUT2D eigenvalue weighted by Crippen LogP contribution is 2.44. The fraction of sp³-hybridized carbons (Fsp3) is 0.824. The summed E-state index contributed by atoms with van der Waals surface area (Å²) in [7, 11) is 0. The summed E-state index contributed by atoms with van der Waals surface area (Å²) < 4.78 is 5.27. The molecule has 2 heterocycles. The Labute approximate surface area is 141 Å². The molecule has 24 heavy (non-hydrogen) atoms. The van der Waals surface area contributed by atoms with E-state index >= 15 is 0 Å². The lowest BCUT2D eigenvalue weighted by molar-refractivity contribution is -0.160. The van der Waals surface area contributed by atoms with Crippen molar-refractivity contribution in [2.45, 2.75) is 38.5 Å². The number of hydrogen-bond acceptors (Lipinski definition) is 4. The molecule has 134 valence electrons. The SMILES string of the molecule is O=C(CC1(C(=O)O)CCC1)N1CCC(C(=O)N2CCOCC2)CC1. The van der Waals surface area contributed by atoms with Gasteiger partial charge in [-0.05, 0) is 25.7 Å². The molecule has 0 aromatic rings. The lowest BCUT2D eigenvalue weighted by Crippen LogP contribution is -2.49. The Hall–Kier alpha value is -1.63. The van der Waals surface area contributed by atoms with E-state index in [1.165, 1.54) is 0 Å². The molecule has 0 aromatic carbocycles. The summed E-state index contributed by atoms with van der Waals surface area (Å²) in [6.45, 7) is 3.60. The van der Waals surface area contributed by atoms with Crippen LogP contribution in [0.25, 0.3) is 0 Å². The van der Waals surface area contributed by atoms with Gasteiger partial charge in [-0.3, -0.25) is 14.4 Å².